The molecule has 0 saturated carbocycles. The lowest BCUT2D eigenvalue weighted by molar-refractivity contribution is 0.354. The first kappa shape index (κ1) is 16.1. The Labute approximate surface area is 136 Å². The molecule has 0 spiro atoms. The summed E-state index contributed by atoms with van der Waals surface area (Å²) in [6, 6.07) is 13.5. The Balaban J connectivity index is 2.08. The van der Waals surface area contributed by atoms with Crippen molar-refractivity contribution in [3.05, 3.63) is 53.6 Å². The van der Waals surface area contributed by atoms with Crippen LogP contribution in [0.25, 0.3) is 0 Å². The molecule has 0 heterocycles. The summed E-state index contributed by atoms with van der Waals surface area (Å²) < 4.78 is 15.8. The number of para-hydroxylation sites is 1. The maximum atomic E-state index is 5.46. The normalized spacial score (nSPS) is 9.95. The molecule has 5 heteroatoms. The van der Waals surface area contributed by atoms with Crippen molar-refractivity contribution in [1.82, 2.24) is 5.32 Å². The van der Waals surface area contributed by atoms with Gasteiger partial charge in [-0.2, -0.15) is 0 Å². The number of rotatable bonds is 6. The van der Waals surface area contributed by atoms with E-state index in [2.05, 4.69) is 5.32 Å². The molecule has 0 fully saturated rings. The number of benzene rings is 2. The third-order valence-corrected chi connectivity index (χ3v) is 3.62. The van der Waals surface area contributed by atoms with Crippen LogP contribution in [0.5, 0.6) is 17.2 Å². The molecule has 0 atom stereocenters. The molecule has 0 aliphatic rings. The quantitative estimate of drug-likeness (QED) is 0.829. The molecule has 2 aromatic rings. The van der Waals surface area contributed by atoms with Crippen LogP contribution < -0.4 is 19.5 Å². The van der Waals surface area contributed by atoms with Gasteiger partial charge in [0, 0.05) is 6.54 Å². The van der Waals surface area contributed by atoms with Gasteiger partial charge in [-0.05, 0) is 29.8 Å². The van der Waals surface area contributed by atoms with Crippen LogP contribution in [0.15, 0.2) is 42.5 Å². The summed E-state index contributed by atoms with van der Waals surface area (Å²) in [6.45, 7) is 0.628. The van der Waals surface area contributed by atoms with Gasteiger partial charge in [0.05, 0.1) is 26.9 Å². The first-order chi connectivity index (χ1) is 10.7. The number of thiocarbonyl (C=S) groups is 1. The van der Waals surface area contributed by atoms with Crippen molar-refractivity contribution in [2.45, 2.75) is 6.54 Å². The Bertz CT molecular complexity index is 641. The Hall–Kier alpha value is -2.27. The number of nitrogens with one attached hydrogen (secondary N) is 1. The molecule has 0 radical (unpaired) electrons. The van der Waals surface area contributed by atoms with Crippen molar-refractivity contribution in [2.24, 2.45) is 0 Å². The van der Waals surface area contributed by atoms with Gasteiger partial charge in [-0.25, -0.2) is 0 Å². The van der Waals surface area contributed by atoms with Gasteiger partial charge >= 0.3 is 0 Å². The molecule has 2 rings (SSSR count). The van der Waals surface area contributed by atoms with Gasteiger partial charge in [0.15, 0.2) is 11.5 Å². The van der Waals surface area contributed by atoms with Crippen molar-refractivity contribution in [3.63, 3.8) is 0 Å². The first-order valence-corrected chi connectivity index (χ1v) is 7.22. The monoisotopic (exact) mass is 317 g/mol. The molecule has 22 heavy (non-hydrogen) atoms. The molecule has 2 aromatic carbocycles. The van der Waals surface area contributed by atoms with Crippen LogP contribution in [-0.4, -0.2) is 26.3 Å². The summed E-state index contributed by atoms with van der Waals surface area (Å²) >= 11 is 5.46. The van der Waals surface area contributed by atoms with Crippen molar-refractivity contribution >= 4 is 17.2 Å². The predicted molar refractivity (Wildman–Crippen MR) is 91.1 cm³/mol. The molecule has 0 aliphatic heterocycles. The van der Waals surface area contributed by atoms with Crippen molar-refractivity contribution in [2.75, 3.05) is 21.3 Å². The van der Waals surface area contributed by atoms with Crippen molar-refractivity contribution in [3.8, 4) is 17.2 Å². The van der Waals surface area contributed by atoms with Gasteiger partial charge in [0.1, 0.15) is 10.7 Å². The highest BCUT2D eigenvalue weighted by molar-refractivity contribution is 7.80. The topological polar surface area (TPSA) is 39.7 Å². The van der Waals surface area contributed by atoms with Gasteiger partial charge in [-0.15, -0.1) is 0 Å². The van der Waals surface area contributed by atoms with E-state index >= 15 is 0 Å². The second kappa shape index (κ2) is 7.66. The number of hydrogen-bond acceptors (Lipinski definition) is 4. The van der Waals surface area contributed by atoms with Crippen LogP contribution in [0.2, 0.25) is 0 Å². The summed E-state index contributed by atoms with van der Waals surface area (Å²) in [4.78, 5) is 0.617. The van der Waals surface area contributed by atoms with Gasteiger partial charge in [0.25, 0.3) is 0 Å². The fourth-order valence-corrected chi connectivity index (χ4v) is 2.32. The minimum atomic E-state index is 0.617. The summed E-state index contributed by atoms with van der Waals surface area (Å²) in [5, 5.41) is 3.23. The van der Waals surface area contributed by atoms with Crippen molar-refractivity contribution in [1.29, 1.82) is 0 Å². The zero-order chi connectivity index (χ0) is 15.9. The van der Waals surface area contributed by atoms with Crippen LogP contribution in [0.4, 0.5) is 0 Å². The predicted octanol–water partition coefficient (Wildman–Crippen LogP) is 3.18. The summed E-state index contributed by atoms with van der Waals surface area (Å²) in [7, 11) is 4.86. The van der Waals surface area contributed by atoms with Gasteiger partial charge in [-0.1, -0.05) is 30.4 Å². The fourth-order valence-electron chi connectivity index (χ4n) is 2.09. The number of ether oxygens (including phenoxy) is 3. The highest BCUT2D eigenvalue weighted by atomic mass is 32.1. The molecule has 4 nitrogen and oxygen atoms in total. The SMILES string of the molecule is COc1ccc(CNC(=S)c2cccc(OC)c2OC)cc1. The van der Waals surface area contributed by atoms with Crippen LogP contribution in [-0.2, 0) is 6.54 Å². The lowest BCUT2D eigenvalue weighted by Gasteiger charge is -2.14. The summed E-state index contributed by atoms with van der Waals surface area (Å²) in [5.41, 5.74) is 1.93. The maximum Gasteiger partial charge on any atom is 0.170 e. The van der Waals surface area contributed by atoms with Gasteiger partial charge in [0.2, 0.25) is 0 Å². The van der Waals surface area contributed by atoms with E-state index in [9.17, 15) is 0 Å². The highest BCUT2D eigenvalue weighted by Gasteiger charge is 2.13. The Kier molecular flexibility index (Phi) is 5.61. The minimum absolute atomic E-state index is 0.617. The molecule has 116 valence electrons. The van der Waals surface area contributed by atoms with Crippen LogP contribution in [0, 0.1) is 0 Å². The summed E-state index contributed by atoms with van der Waals surface area (Å²) in [5.74, 6) is 2.13. The molecular weight excluding hydrogens is 298 g/mol. The zero-order valence-electron chi connectivity index (χ0n) is 12.9. The average molecular weight is 317 g/mol. The molecule has 0 aromatic heterocycles. The van der Waals surface area contributed by atoms with Crippen LogP contribution in [0.1, 0.15) is 11.1 Å². The van der Waals surface area contributed by atoms with Gasteiger partial charge in [-0.3, -0.25) is 0 Å². The number of hydrogen-bond donors (Lipinski definition) is 1. The van der Waals surface area contributed by atoms with E-state index < -0.39 is 0 Å². The second-order valence-electron chi connectivity index (χ2n) is 4.57. The van der Waals surface area contributed by atoms with E-state index in [0.717, 1.165) is 16.9 Å². The zero-order valence-corrected chi connectivity index (χ0v) is 13.7. The number of methoxy groups -OCH3 is 3. The van der Waals surface area contributed by atoms with E-state index in [-0.39, 0.29) is 0 Å². The fraction of sp³-hybridized carbons (Fsp3) is 0.235. The van der Waals surface area contributed by atoms with Crippen molar-refractivity contribution < 1.29 is 14.2 Å². The largest absolute Gasteiger partial charge is 0.497 e. The molecule has 1 N–H and O–H groups in total. The minimum Gasteiger partial charge on any atom is -0.497 e. The Morgan fingerprint density at radius 3 is 2.27 bits per heavy atom. The molecule has 0 aliphatic carbocycles. The third-order valence-electron chi connectivity index (χ3n) is 3.26. The second-order valence-corrected chi connectivity index (χ2v) is 4.98. The molecule has 0 bridgehead atoms. The van der Waals surface area contributed by atoms with E-state index in [0.29, 0.717) is 23.0 Å². The molecular formula is C17H19NO3S. The Morgan fingerprint density at radius 2 is 1.68 bits per heavy atom. The van der Waals surface area contributed by atoms with E-state index in [1.807, 2.05) is 42.5 Å². The van der Waals surface area contributed by atoms with Gasteiger partial charge < -0.3 is 19.5 Å². The van der Waals surface area contributed by atoms with Crippen LogP contribution in [0.3, 0.4) is 0 Å². The molecule has 0 amide bonds. The summed E-state index contributed by atoms with van der Waals surface area (Å²) in [6.07, 6.45) is 0. The van der Waals surface area contributed by atoms with E-state index in [4.69, 9.17) is 26.4 Å². The van der Waals surface area contributed by atoms with E-state index in [1.54, 1.807) is 21.3 Å². The lowest BCUT2D eigenvalue weighted by Crippen LogP contribution is -2.22. The third kappa shape index (κ3) is 3.68. The average Bonchev–Trinajstić information content (AvgIpc) is 2.59. The molecule has 0 saturated heterocycles. The van der Waals surface area contributed by atoms with E-state index in [1.165, 1.54) is 0 Å². The smallest absolute Gasteiger partial charge is 0.170 e. The molecule has 0 unspecified atom stereocenters. The standard InChI is InChI=1S/C17H19NO3S/c1-19-13-9-7-12(8-10-13)11-18-17(22)14-5-4-6-15(20-2)16(14)21-3/h4-10H,11H2,1-3H3,(H,18,22). The first-order valence-electron chi connectivity index (χ1n) is 6.81. The Morgan fingerprint density at radius 1 is 0.955 bits per heavy atom. The van der Waals surface area contributed by atoms with Crippen LogP contribution >= 0.6 is 12.2 Å². The maximum absolute atomic E-state index is 5.46. The lowest BCUT2D eigenvalue weighted by atomic mass is 10.1. The highest BCUT2D eigenvalue weighted by Crippen LogP contribution is 2.30.